The van der Waals surface area contributed by atoms with Crippen molar-refractivity contribution in [2.75, 3.05) is 5.32 Å². The molecule has 11 heteroatoms. The van der Waals surface area contributed by atoms with Crippen molar-refractivity contribution in [3.63, 3.8) is 0 Å². The number of hydrogen-bond acceptors (Lipinski definition) is 4. The van der Waals surface area contributed by atoms with Gasteiger partial charge in [-0.05, 0) is 38.0 Å². The van der Waals surface area contributed by atoms with Crippen molar-refractivity contribution >= 4 is 17.2 Å². The highest BCUT2D eigenvalue weighted by Gasteiger charge is 2.23. The first kappa shape index (κ1) is 22.4. The Kier molecular flexibility index (Phi) is 5.88. The minimum absolute atomic E-state index is 0.235. The second-order valence-corrected chi connectivity index (χ2v) is 7.59. The molecule has 1 aromatic carbocycles. The average molecular weight is 460 g/mol. The van der Waals surface area contributed by atoms with E-state index < -0.39 is 30.1 Å². The van der Waals surface area contributed by atoms with E-state index in [2.05, 4.69) is 20.5 Å². The van der Waals surface area contributed by atoms with Gasteiger partial charge < -0.3 is 5.32 Å². The summed E-state index contributed by atoms with van der Waals surface area (Å²) in [6, 6.07) is 9.53. The summed E-state index contributed by atoms with van der Waals surface area (Å²) in [5.41, 5.74) is 1.80. The molecule has 0 atom stereocenters. The van der Waals surface area contributed by atoms with Crippen LogP contribution < -0.4 is 5.32 Å². The van der Waals surface area contributed by atoms with Gasteiger partial charge in [-0.15, -0.1) is 0 Å². The van der Waals surface area contributed by atoms with Gasteiger partial charge in [-0.25, -0.2) is 27.1 Å². The van der Waals surface area contributed by atoms with E-state index in [1.165, 1.54) is 0 Å². The summed E-state index contributed by atoms with van der Waals surface area (Å²) < 4.78 is 55.3. The van der Waals surface area contributed by atoms with E-state index in [0.717, 1.165) is 17.2 Å². The van der Waals surface area contributed by atoms with Crippen LogP contribution in [-0.2, 0) is 6.54 Å². The molecule has 0 radical (unpaired) electrons. The Morgan fingerprint density at radius 1 is 1.03 bits per heavy atom. The van der Waals surface area contributed by atoms with Crippen LogP contribution in [0.5, 0.6) is 0 Å². The van der Waals surface area contributed by atoms with Crippen molar-refractivity contribution < 1.29 is 22.4 Å². The lowest BCUT2D eigenvalue weighted by atomic mass is 10.1. The third kappa shape index (κ3) is 4.30. The molecule has 3 aromatic heterocycles. The normalized spacial score (nSPS) is 11.7. The summed E-state index contributed by atoms with van der Waals surface area (Å²) in [6.45, 7) is 6.02. The maximum absolute atomic E-state index is 13.4. The van der Waals surface area contributed by atoms with Gasteiger partial charge in [-0.2, -0.15) is 10.2 Å². The number of alkyl halides is 4. The molecule has 0 aliphatic rings. The van der Waals surface area contributed by atoms with E-state index in [0.29, 0.717) is 34.2 Å². The van der Waals surface area contributed by atoms with E-state index in [9.17, 15) is 22.4 Å². The number of rotatable bonds is 6. The van der Waals surface area contributed by atoms with Crippen molar-refractivity contribution in [3.05, 3.63) is 76.0 Å². The van der Waals surface area contributed by atoms with Crippen LogP contribution in [0.3, 0.4) is 0 Å². The smallest absolute Gasteiger partial charge is 0.280 e. The molecule has 0 fully saturated rings. The van der Waals surface area contributed by atoms with Gasteiger partial charge in [-0.1, -0.05) is 24.3 Å². The fraction of sp³-hybridized carbons (Fsp3) is 0.273. The van der Waals surface area contributed by atoms with Crippen LogP contribution in [0.1, 0.15) is 57.2 Å². The maximum Gasteiger partial charge on any atom is 0.280 e. The van der Waals surface area contributed by atoms with E-state index in [1.807, 2.05) is 31.2 Å². The summed E-state index contributed by atoms with van der Waals surface area (Å²) in [7, 11) is 0. The molecular weight excluding hydrogens is 440 g/mol. The molecule has 0 aliphatic heterocycles. The predicted molar refractivity (Wildman–Crippen MR) is 113 cm³/mol. The first-order chi connectivity index (χ1) is 15.7. The molecule has 7 nitrogen and oxygen atoms in total. The summed E-state index contributed by atoms with van der Waals surface area (Å²) in [4.78, 5) is 16.5. The van der Waals surface area contributed by atoms with E-state index >= 15 is 0 Å². The Labute approximate surface area is 186 Å². The molecule has 0 bridgehead atoms. The number of carbonyl (C=O) groups is 1. The van der Waals surface area contributed by atoms with Crippen LogP contribution in [0.25, 0.3) is 5.65 Å². The second kappa shape index (κ2) is 8.64. The molecule has 0 spiro atoms. The Morgan fingerprint density at radius 2 is 1.76 bits per heavy atom. The molecule has 0 unspecified atom stereocenters. The first-order valence-electron chi connectivity index (χ1n) is 10.0. The quantitative estimate of drug-likeness (QED) is 0.410. The van der Waals surface area contributed by atoms with Crippen LogP contribution >= 0.6 is 0 Å². The predicted octanol–water partition coefficient (Wildman–Crippen LogP) is 5.03. The van der Waals surface area contributed by atoms with Gasteiger partial charge in [0.15, 0.2) is 11.3 Å². The minimum Gasteiger partial charge on any atom is -0.317 e. The number of aromatic nitrogens is 5. The summed E-state index contributed by atoms with van der Waals surface area (Å²) >= 11 is 0. The largest absolute Gasteiger partial charge is 0.317 e. The monoisotopic (exact) mass is 460 g/mol. The number of anilines is 1. The number of halogens is 4. The van der Waals surface area contributed by atoms with Gasteiger partial charge >= 0.3 is 0 Å². The SMILES string of the molecule is Cc1ccccc1Cn1nc(C)c(NC(=O)c2cc3nc(C(F)F)cc(C(F)F)n3n2)c1C. The Morgan fingerprint density at radius 3 is 2.42 bits per heavy atom. The number of nitrogens with zero attached hydrogens (tertiary/aromatic N) is 5. The Balaban J connectivity index is 1.64. The molecule has 0 aliphatic carbocycles. The lowest BCUT2D eigenvalue weighted by Gasteiger charge is -2.08. The maximum atomic E-state index is 13.4. The standard InChI is InChI=1S/C22H20F4N6O/c1-11-6-4-5-7-14(11)10-31-13(3)19(12(2)29-31)28-22(33)16-9-18-27-15(20(23)24)8-17(21(25)26)32(18)30-16/h4-9,20-21H,10H2,1-3H3,(H,28,33). The van der Waals surface area contributed by atoms with Crippen molar-refractivity contribution in [1.29, 1.82) is 0 Å². The molecule has 0 saturated heterocycles. The third-order valence-corrected chi connectivity index (χ3v) is 5.36. The number of amides is 1. The number of nitrogens with one attached hydrogen (secondary N) is 1. The van der Waals surface area contributed by atoms with E-state index in [4.69, 9.17) is 0 Å². The first-order valence-corrected chi connectivity index (χ1v) is 10.0. The van der Waals surface area contributed by atoms with E-state index in [1.54, 1.807) is 18.5 Å². The molecule has 0 saturated carbocycles. The van der Waals surface area contributed by atoms with Crippen molar-refractivity contribution in [3.8, 4) is 0 Å². The molecule has 1 N–H and O–H groups in total. The Bertz CT molecular complexity index is 1340. The number of aryl methyl sites for hydroxylation is 2. The molecule has 4 aromatic rings. The number of hydrogen-bond donors (Lipinski definition) is 1. The van der Waals surface area contributed by atoms with Gasteiger partial charge in [0.05, 0.1) is 23.6 Å². The highest BCUT2D eigenvalue weighted by molar-refractivity contribution is 6.04. The van der Waals surface area contributed by atoms with Gasteiger partial charge in [0.25, 0.3) is 18.8 Å². The number of carbonyl (C=O) groups excluding carboxylic acids is 1. The minimum atomic E-state index is -3.08. The van der Waals surface area contributed by atoms with E-state index in [-0.39, 0.29) is 11.3 Å². The zero-order valence-corrected chi connectivity index (χ0v) is 18.0. The molecule has 33 heavy (non-hydrogen) atoms. The van der Waals surface area contributed by atoms with Gasteiger partial charge in [0, 0.05) is 6.07 Å². The van der Waals surface area contributed by atoms with Crippen LogP contribution in [0, 0.1) is 20.8 Å². The average Bonchev–Trinajstić information content (AvgIpc) is 3.31. The van der Waals surface area contributed by atoms with Crippen LogP contribution in [-0.4, -0.2) is 30.3 Å². The third-order valence-electron chi connectivity index (χ3n) is 5.36. The zero-order valence-electron chi connectivity index (χ0n) is 18.0. The van der Waals surface area contributed by atoms with Gasteiger partial charge in [0.2, 0.25) is 0 Å². The van der Waals surface area contributed by atoms with Crippen LogP contribution in [0.2, 0.25) is 0 Å². The Hall–Kier alpha value is -3.76. The fourth-order valence-electron chi connectivity index (χ4n) is 3.55. The summed E-state index contributed by atoms with van der Waals surface area (Å²) in [5, 5.41) is 11.1. The summed E-state index contributed by atoms with van der Waals surface area (Å²) in [5.74, 6) is -0.694. The topological polar surface area (TPSA) is 77.1 Å². The van der Waals surface area contributed by atoms with Crippen molar-refractivity contribution in [2.45, 2.75) is 40.2 Å². The van der Waals surface area contributed by atoms with Crippen LogP contribution in [0.15, 0.2) is 36.4 Å². The lowest BCUT2D eigenvalue weighted by molar-refractivity contribution is 0.102. The van der Waals surface area contributed by atoms with Crippen molar-refractivity contribution in [1.82, 2.24) is 24.4 Å². The highest BCUT2D eigenvalue weighted by Crippen LogP contribution is 2.26. The van der Waals surface area contributed by atoms with Gasteiger partial charge in [-0.3, -0.25) is 9.48 Å². The van der Waals surface area contributed by atoms with Crippen LogP contribution in [0.4, 0.5) is 23.2 Å². The zero-order chi connectivity index (χ0) is 23.9. The molecule has 3 heterocycles. The highest BCUT2D eigenvalue weighted by atomic mass is 19.3. The lowest BCUT2D eigenvalue weighted by Crippen LogP contribution is -2.14. The fourth-order valence-corrected chi connectivity index (χ4v) is 3.55. The second-order valence-electron chi connectivity index (χ2n) is 7.59. The molecule has 4 rings (SSSR count). The van der Waals surface area contributed by atoms with Gasteiger partial charge in [0.1, 0.15) is 11.4 Å². The number of fused-ring (bicyclic) bond motifs is 1. The molecular formula is C22H20F4N6O. The van der Waals surface area contributed by atoms with Crippen molar-refractivity contribution in [2.24, 2.45) is 0 Å². The molecule has 1 amide bonds. The summed E-state index contributed by atoms with van der Waals surface area (Å²) in [6.07, 6.45) is -6.11. The molecule has 172 valence electrons. The number of benzene rings is 1.